The third-order valence-electron chi connectivity index (χ3n) is 9.48. The van der Waals surface area contributed by atoms with Crippen molar-refractivity contribution in [1.29, 1.82) is 0 Å². The zero-order valence-electron chi connectivity index (χ0n) is 27.9. The molecule has 5 aromatic rings. The van der Waals surface area contributed by atoms with Gasteiger partial charge in [0.25, 0.3) is 0 Å². The predicted octanol–water partition coefficient (Wildman–Crippen LogP) is 4.88. The first-order chi connectivity index (χ1) is 25.2. The molecular formula is C37H38F3N7O5. The average molecular weight is 718 g/mol. The Morgan fingerprint density at radius 1 is 0.962 bits per heavy atom. The molecule has 5 atom stereocenters. The van der Waals surface area contributed by atoms with Crippen molar-refractivity contribution in [3.05, 3.63) is 108 Å². The largest absolute Gasteiger partial charge is 0.490 e. The number of nitrogens with zero attached hydrogens (tertiary/aromatic N) is 5. The van der Waals surface area contributed by atoms with Crippen LogP contribution in [-0.4, -0.2) is 92.5 Å². The maximum absolute atomic E-state index is 13.3. The highest BCUT2D eigenvalue weighted by molar-refractivity contribution is 5.84. The molecule has 2 fully saturated rings. The van der Waals surface area contributed by atoms with Crippen LogP contribution in [0.3, 0.4) is 0 Å². The number of hydrogen-bond donors (Lipinski definition) is 4. The summed E-state index contributed by atoms with van der Waals surface area (Å²) in [7, 11) is 0. The van der Waals surface area contributed by atoms with Gasteiger partial charge in [-0.25, -0.2) is 9.78 Å². The van der Waals surface area contributed by atoms with E-state index in [9.17, 15) is 28.2 Å². The number of halogens is 3. The SMILES string of the molecule is O=C(O[C@@H]1[C@H](O)[C@@H](CO)O[C@H]1n1cnc2c(NCC(c3ccccc3)c3ccccc3)nc(N3CCC[C@@H]3CNc3ccccc3)nc21)C(F)(F)F. The number of fused-ring (bicyclic) bond motifs is 1. The van der Waals surface area contributed by atoms with Gasteiger partial charge in [-0.05, 0) is 36.1 Å². The number of aliphatic hydroxyl groups excluding tert-OH is 2. The Morgan fingerprint density at radius 2 is 1.62 bits per heavy atom. The number of nitrogens with one attached hydrogen (secondary N) is 2. The van der Waals surface area contributed by atoms with Crippen molar-refractivity contribution in [3.8, 4) is 0 Å². The van der Waals surface area contributed by atoms with Gasteiger partial charge in [-0.1, -0.05) is 78.9 Å². The highest BCUT2D eigenvalue weighted by Crippen LogP contribution is 2.37. The molecule has 2 aliphatic heterocycles. The van der Waals surface area contributed by atoms with Crippen LogP contribution in [0.15, 0.2) is 97.3 Å². The van der Waals surface area contributed by atoms with Gasteiger partial charge in [0.1, 0.15) is 12.2 Å². The normalized spacial score (nSPS) is 21.9. The summed E-state index contributed by atoms with van der Waals surface area (Å²) < 4.78 is 51.8. The molecule has 0 saturated carbocycles. The number of alkyl halides is 3. The highest BCUT2D eigenvalue weighted by Gasteiger charge is 2.51. The van der Waals surface area contributed by atoms with Gasteiger partial charge < -0.3 is 35.2 Å². The number of ether oxygens (including phenoxy) is 2. The summed E-state index contributed by atoms with van der Waals surface area (Å²) in [4.78, 5) is 28.4. The number of benzene rings is 3. The van der Waals surface area contributed by atoms with Crippen molar-refractivity contribution >= 4 is 34.6 Å². The fraction of sp³-hybridized carbons (Fsp3) is 0.351. The van der Waals surface area contributed by atoms with Crippen LogP contribution in [0.5, 0.6) is 0 Å². The molecule has 2 saturated heterocycles. The van der Waals surface area contributed by atoms with E-state index in [4.69, 9.17) is 19.4 Å². The van der Waals surface area contributed by atoms with Gasteiger partial charge in [0.2, 0.25) is 5.95 Å². The first-order valence-corrected chi connectivity index (χ1v) is 17.1. The molecule has 0 amide bonds. The second-order valence-corrected chi connectivity index (χ2v) is 12.8. The second-order valence-electron chi connectivity index (χ2n) is 12.8. The van der Waals surface area contributed by atoms with Crippen molar-refractivity contribution < 1.29 is 37.7 Å². The van der Waals surface area contributed by atoms with E-state index in [1.54, 1.807) is 0 Å². The number of para-hydroxylation sites is 1. The number of esters is 1. The number of carbonyl (C=O) groups is 1. The quantitative estimate of drug-likeness (QED) is 0.131. The van der Waals surface area contributed by atoms with E-state index in [1.807, 2.05) is 91.0 Å². The van der Waals surface area contributed by atoms with Gasteiger partial charge in [0.15, 0.2) is 29.3 Å². The minimum Gasteiger partial charge on any atom is -0.448 e. The first kappa shape index (κ1) is 35.2. The van der Waals surface area contributed by atoms with Crippen LogP contribution in [0.1, 0.15) is 36.1 Å². The number of aromatic nitrogens is 4. The maximum Gasteiger partial charge on any atom is 0.490 e. The summed E-state index contributed by atoms with van der Waals surface area (Å²) >= 11 is 0. The lowest BCUT2D eigenvalue weighted by atomic mass is 9.91. The number of anilines is 3. The van der Waals surface area contributed by atoms with Crippen molar-refractivity contribution in [2.24, 2.45) is 0 Å². The van der Waals surface area contributed by atoms with Gasteiger partial charge in [-0.15, -0.1) is 0 Å². The van der Waals surface area contributed by atoms with E-state index < -0.39 is 43.3 Å². The van der Waals surface area contributed by atoms with Crippen LogP contribution in [0.4, 0.5) is 30.6 Å². The Labute approximate surface area is 297 Å². The summed E-state index contributed by atoms with van der Waals surface area (Å²) in [6.45, 7) is 0.918. The van der Waals surface area contributed by atoms with Crippen molar-refractivity contribution in [1.82, 2.24) is 19.5 Å². The van der Waals surface area contributed by atoms with Gasteiger partial charge in [0, 0.05) is 37.3 Å². The molecule has 4 N–H and O–H groups in total. The number of imidazole rings is 1. The van der Waals surface area contributed by atoms with Crippen LogP contribution in [0, 0.1) is 0 Å². The zero-order valence-corrected chi connectivity index (χ0v) is 27.9. The Bertz CT molecular complexity index is 1910. The summed E-state index contributed by atoms with van der Waals surface area (Å²) in [6.07, 6.45) is -8.71. The Kier molecular flexibility index (Phi) is 10.2. The zero-order chi connectivity index (χ0) is 36.2. The topological polar surface area (TPSA) is 147 Å². The number of aliphatic hydroxyl groups is 2. The summed E-state index contributed by atoms with van der Waals surface area (Å²) in [5, 5.41) is 27.6. The van der Waals surface area contributed by atoms with E-state index >= 15 is 0 Å². The van der Waals surface area contributed by atoms with Gasteiger partial charge in [0.05, 0.1) is 12.9 Å². The van der Waals surface area contributed by atoms with Crippen LogP contribution in [0.2, 0.25) is 0 Å². The lowest BCUT2D eigenvalue weighted by molar-refractivity contribution is -0.211. The number of carbonyl (C=O) groups excluding carboxylic acids is 1. The van der Waals surface area contributed by atoms with E-state index in [1.165, 1.54) is 10.9 Å². The van der Waals surface area contributed by atoms with E-state index in [2.05, 4.69) is 20.5 Å². The monoisotopic (exact) mass is 717 g/mol. The van der Waals surface area contributed by atoms with E-state index in [0.717, 1.165) is 29.7 Å². The van der Waals surface area contributed by atoms with Crippen molar-refractivity contribution in [3.63, 3.8) is 0 Å². The predicted molar refractivity (Wildman–Crippen MR) is 187 cm³/mol. The third kappa shape index (κ3) is 7.38. The molecule has 15 heteroatoms. The third-order valence-corrected chi connectivity index (χ3v) is 9.48. The van der Waals surface area contributed by atoms with Gasteiger partial charge in [-0.2, -0.15) is 23.1 Å². The van der Waals surface area contributed by atoms with Crippen molar-refractivity contribution in [2.75, 3.05) is 41.8 Å². The van der Waals surface area contributed by atoms with Gasteiger partial charge in [-0.3, -0.25) is 4.57 Å². The summed E-state index contributed by atoms with van der Waals surface area (Å²) in [6, 6.07) is 29.8. The standard InChI is InChI=1S/C37H38F3N7O5/c38-37(39,40)35(50)52-31-30(49)28(21-48)51-34(31)47-22-43-29-32(42-20-27(23-11-4-1-5-12-23)24-13-6-2-7-14-24)44-36(45-33(29)47)46-18-10-17-26(46)19-41-25-15-8-3-9-16-25/h1-9,11-16,22,26-28,30-31,34,41,48-49H,10,17-21H2,(H,42,44,45)/t26-,28-,30-,31-,34-/m1/s1. The van der Waals surface area contributed by atoms with Crippen LogP contribution < -0.4 is 15.5 Å². The molecule has 7 rings (SSSR count). The Balaban J connectivity index is 1.27. The first-order valence-electron chi connectivity index (χ1n) is 17.1. The summed E-state index contributed by atoms with van der Waals surface area (Å²) in [5.41, 5.74) is 3.57. The summed E-state index contributed by atoms with van der Waals surface area (Å²) in [5.74, 6) is -1.86. The molecule has 3 aromatic carbocycles. The Hall–Kier alpha value is -5.25. The van der Waals surface area contributed by atoms with E-state index in [-0.39, 0.29) is 23.1 Å². The van der Waals surface area contributed by atoms with Gasteiger partial charge >= 0.3 is 12.1 Å². The number of hydrogen-bond acceptors (Lipinski definition) is 11. The molecule has 272 valence electrons. The molecule has 0 aliphatic carbocycles. The molecule has 0 unspecified atom stereocenters. The lowest BCUT2D eigenvalue weighted by Crippen LogP contribution is -2.40. The molecule has 12 nitrogen and oxygen atoms in total. The molecule has 0 radical (unpaired) electrons. The lowest BCUT2D eigenvalue weighted by Gasteiger charge is -2.27. The average Bonchev–Trinajstić information content (AvgIpc) is 3.89. The minimum atomic E-state index is -5.32. The molecule has 2 aromatic heterocycles. The molecule has 4 heterocycles. The fourth-order valence-electron chi connectivity index (χ4n) is 6.85. The smallest absolute Gasteiger partial charge is 0.448 e. The van der Waals surface area contributed by atoms with E-state index in [0.29, 0.717) is 31.4 Å². The maximum atomic E-state index is 13.3. The molecule has 52 heavy (non-hydrogen) atoms. The Morgan fingerprint density at radius 3 is 2.25 bits per heavy atom. The molecule has 2 aliphatic rings. The van der Waals surface area contributed by atoms with Crippen LogP contribution in [0.25, 0.3) is 11.2 Å². The van der Waals surface area contributed by atoms with Crippen molar-refractivity contribution in [2.45, 2.75) is 55.5 Å². The molecule has 0 bridgehead atoms. The number of rotatable bonds is 12. The highest BCUT2D eigenvalue weighted by atomic mass is 19.4. The molecule has 0 spiro atoms. The molecular weight excluding hydrogens is 679 g/mol. The van der Waals surface area contributed by atoms with Crippen LogP contribution >= 0.6 is 0 Å². The minimum absolute atomic E-state index is 0.00655. The second kappa shape index (κ2) is 15.2. The fourth-order valence-corrected chi connectivity index (χ4v) is 6.85. The van der Waals surface area contributed by atoms with Crippen LogP contribution in [-0.2, 0) is 14.3 Å².